The predicted molar refractivity (Wildman–Crippen MR) is 92.4 cm³/mol. The summed E-state index contributed by atoms with van der Waals surface area (Å²) in [6.07, 6.45) is 10.3. The second-order valence-electron chi connectivity index (χ2n) is 8.36. The molecule has 1 saturated carbocycles. The van der Waals surface area contributed by atoms with Gasteiger partial charge in [0.1, 0.15) is 6.10 Å². The van der Waals surface area contributed by atoms with Crippen LogP contribution in [0.3, 0.4) is 0 Å². The number of likely N-dealkylation sites (tertiary alicyclic amines) is 2. The van der Waals surface area contributed by atoms with Gasteiger partial charge < -0.3 is 14.5 Å². The van der Waals surface area contributed by atoms with Gasteiger partial charge in [-0.1, -0.05) is 0 Å². The molecule has 0 aromatic carbocycles. The number of esters is 1. The molecular weight excluding hydrogens is 288 g/mol. The lowest BCUT2D eigenvalue weighted by molar-refractivity contribution is -0.149. The second-order valence-corrected chi connectivity index (χ2v) is 8.36. The Morgan fingerprint density at radius 3 is 2.17 bits per heavy atom. The van der Waals surface area contributed by atoms with Gasteiger partial charge >= 0.3 is 5.97 Å². The summed E-state index contributed by atoms with van der Waals surface area (Å²) in [5.74, 6) is 0.804. The highest BCUT2D eigenvalue weighted by Gasteiger charge is 2.39. The first-order chi connectivity index (χ1) is 11.0. The van der Waals surface area contributed by atoms with Gasteiger partial charge in [-0.2, -0.15) is 0 Å². The number of hydrogen-bond acceptors (Lipinski definition) is 4. The normalized spacial score (nSPS) is 28.1. The van der Waals surface area contributed by atoms with Crippen LogP contribution in [0, 0.1) is 11.3 Å². The molecule has 132 valence electrons. The van der Waals surface area contributed by atoms with Crippen molar-refractivity contribution in [2.75, 3.05) is 39.8 Å². The Hall–Kier alpha value is -0.610. The van der Waals surface area contributed by atoms with Crippen LogP contribution in [0.25, 0.3) is 0 Å². The van der Waals surface area contributed by atoms with Crippen molar-refractivity contribution in [1.29, 1.82) is 0 Å². The van der Waals surface area contributed by atoms with E-state index >= 15 is 0 Å². The van der Waals surface area contributed by atoms with Crippen LogP contribution in [0.4, 0.5) is 0 Å². The summed E-state index contributed by atoms with van der Waals surface area (Å²) in [6.45, 7) is 7.97. The number of rotatable bonds is 3. The van der Waals surface area contributed by atoms with Crippen molar-refractivity contribution in [1.82, 2.24) is 9.80 Å². The lowest BCUT2D eigenvalue weighted by Crippen LogP contribution is -2.45. The zero-order valence-corrected chi connectivity index (χ0v) is 15.1. The Morgan fingerprint density at radius 2 is 1.61 bits per heavy atom. The first-order valence-corrected chi connectivity index (χ1v) is 9.63. The van der Waals surface area contributed by atoms with E-state index in [9.17, 15) is 4.79 Å². The van der Waals surface area contributed by atoms with Gasteiger partial charge in [-0.05, 0) is 95.9 Å². The Morgan fingerprint density at radius 1 is 1.00 bits per heavy atom. The molecule has 3 rings (SSSR count). The van der Waals surface area contributed by atoms with Crippen LogP contribution in [0.15, 0.2) is 0 Å². The highest BCUT2D eigenvalue weighted by atomic mass is 16.5. The fraction of sp³-hybridized carbons (Fsp3) is 0.947. The zero-order chi connectivity index (χ0) is 16.3. The smallest absolute Gasteiger partial charge is 0.302 e. The molecule has 0 radical (unpaired) electrons. The van der Waals surface area contributed by atoms with E-state index in [1.54, 1.807) is 0 Å². The largest absolute Gasteiger partial charge is 0.463 e. The molecule has 4 nitrogen and oxygen atoms in total. The van der Waals surface area contributed by atoms with Gasteiger partial charge in [0, 0.05) is 13.5 Å². The van der Waals surface area contributed by atoms with Gasteiger partial charge in [-0.15, -0.1) is 0 Å². The first kappa shape index (κ1) is 17.2. The molecule has 1 aliphatic carbocycles. The summed E-state index contributed by atoms with van der Waals surface area (Å²) in [5, 5.41) is 0. The van der Waals surface area contributed by atoms with Gasteiger partial charge in [0.05, 0.1) is 0 Å². The molecule has 1 spiro atoms. The van der Waals surface area contributed by atoms with Crippen LogP contribution in [-0.2, 0) is 9.53 Å². The van der Waals surface area contributed by atoms with Gasteiger partial charge in [0.15, 0.2) is 0 Å². The predicted octanol–water partition coefficient (Wildman–Crippen LogP) is 2.92. The van der Waals surface area contributed by atoms with Crippen LogP contribution < -0.4 is 0 Å². The maximum absolute atomic E-state index is 11.1. The Kier molecular flexibility index (Phi) is 5.63. The highest BCUT2D eigenvalue weighted by molar-refractivity contribution is 5.66. The minimum absolute atomic E-state index is 0.112. The van der Waals surface area contributed by atoms with Crippen LogP contribution in [-0.4, -0.2) is 61.6 Å². The molecule has 0 bridgehead atoms. The summed E-state index contributed by atoms with van der Waals surface area (Å²) in [7, 11) is 2.24. The molecule has 23 heavy (non-hydrogen) atoms. The fourth-order valence-electron chi connectivity index (χ4n) is 4.88. The van der Waals surface area contributed by atoms with Crippen LogP contribution >= 0.6 is 0 Å². The monoisotopic (exact) mass is 322 g/mol. The maximum Gasteiger partial charge on any atom is 0.302 e. The van der Waals surface area contributed by atoms with Crippen molar-refractivity contribution in [2.24, 2.45) is 11.3 Å². The van der Waals surface area contributed by atoms with Crippen molar-refractivity contribution < 1.29 is 9.53 Å². The SMILES string of the molecule is CC(=O)OC1CCC2(CC1)CCN(CC1CCN(C)CC1)CC2. The Labute approximate surface area is 141 Å². The second kappa shape index (κ2) is 7.52. The number of ether oxygens (including phenoxy) is 1. The van der Waals surface area contributed by atoms with E-state index in [0.717, 1.165) is 18.8 Å². The Balaban J connectivity index is 1.39. The van der Waals surface area contributed by atoms with E-state index in [1.165, 1.54) is 78.2 Å². The third-order valence-electron chi connectivity index (χ3n) is 6.60. The molecule has 4 heteroatoms. The van der Waals surface area contributed by atoms with Crippen molar-refractivity contribution in [3.8, 4) is 0 Å². The molecule has 0 aromatic heterocycles. The summed E-state index contributed by atoms with van der Waals surface area (Å²) in [5.41, 5.74) is 0.555. The minimum atomic E-state index is -0.112. The van der Waals surface area contributed by atoms with Gasteiger partial charge in [0.2, 0.25) is 0 Å². The molecular formula is C19H34N2O2. The van der Waals surface area contributed by atoms with E-state index in [1.807, 2.05) is 0 Å². The molecule has 2 saturated heterocycles. The topological polar surface area (TPSA) is 32.8 Å². The molecule has 2 aliphatic heterocycles. The average molecular weight is 322 g/mol. The number of piperidine rings is 2. The molecule has 2 heterocycles. The highest BCUT2D eigenvalue weighted by Crippen LogP contribution is 2.45. The number of carbonyl (C=O) groups is 1. The number of carbonyl (C=O) groups excluding carboxylic acids is 1. The van der Waals surface area contributed by atoms with Crippen LogP contribution in [0.5, 0.6) is 0 Å². The summed E-state index contributed by atoms with van der Waals surface area (Å²) in [6, 6.07) is 0. The Bertz CT molecular complexity index is 386. The minimum Gasteiger partial charge on any atom is -0.463 e. The first-order valence-electron chi connectivity index (χ1n) is 9.63. The van der Waals surface area contributed by atoms with E-state index in [2.05, 4.69) is 16.8 Å². The van der Waals surface area contributed by atoms with Gasteiger partial charge in [-0.25, -0.2) is 0 Å². The summed E-state index contributed by atoms with van der Waals surface area (Å²) < 4.78 is 5.40. The maximum atomic E-state index is 11.1. The quantitative estimate of drug-likeness (QED) is 0.748. The molecule has 3 fully saturated rings. The zero-order valence-electron chi connectivity index (χ0n) is 15.1. The van der Waals surface area contributed by atoms with Crippen molar-refractivity contribution in [3.63, 3.8) is 0 Å². The molecule has 0 aromatic rings. The van der Waals surface area contributed by atoms with Crippen molar-refractivity contribution in [3.05, 3.63) is 0 Å². The van der Waals surface area contributed by atoms with Crippen molar-refractivity contribution >= 4 is 5.97 Å². The van der Waals surface area contributed by atoms with E-state index in [0.29, 0.717) is 5.41 Å². The lowest BCUT2D eigenvalue weighted by Gasteiger charge is -2.46. The molecule has 0 atom stereocenters. The van der Waals surface area contributed by atoms with Crippen LogP contribution in [0.2, 0.25) is 0 Å². The summed E-state index contributed by atoms with van der Waals surface area (Å²) in [4.78, 5) is 16.3. The fourth-order valence-corrected chi connectivity index (χ4v) is 4.88. The molecule has 3 aliphatic rings. The van der Waals surface area contributed by atoms with Gasteiger partial charge in [-0.3, -0.25) is 4.79 Å². The number of hydrogen-bond donors (Lipinski definition) is 0. The van der Waals surface area contributed by atoms with Gasteiger partial charge in [0.25, 0.3) is 0 Å². The number of nitrogens with zero attached hydrogens (tertiary/aromatic N) is 2. The standard InChI is InChI=1S/C19H34N2O2/c1-16(22)23-18-3-7-19(8-4-18)9-13-21(14-10-19)15-17-5-11-20(2)12-6-17/h17-18H,3-15H2,1-2H3. The molecule has 0 unspecified atom stereocenters. The van der Waals surface area contributed by atoms with E-state index in [4.69, 9.17) is 4.74 Å². The van der Waals surface area contributed by atoms with E-state index < -0.39 is 0 Å². The third-order valence-corrected chi connectivity index (χ3v) is 6.60. The van der Waals surface area contributed by atoms with E-state index in [-0.39, 0.29) is 12.1 Å². The average Bonchev–Trinajstić information content (AvgIpc) is 2.54. The summed E-state index contributed by atoms with van der Waals surface area (Å²) >= 11 is 0. The molecule has 0 N–H and O–H groups in total. The van der Waals surface area contributed by atoms with Crippen molar-refractivity contribution in [2.45, 2.75) is 64.4 Å². The van der Waals surface area contributed by atoms with Crippen LogP contribution in [0.1, 0.15) is 58.3 Å². The third kappa shape index (κ3) is 4.69. The lowest BCUT2D eigenvalue weighted by atomic mass is 9.67. The molecule has 0 amide bonds.